The summed E-state index contributed by atoms with van der Waals surface area (Å²) in [5.74, 6) is -1.04. The van der Waals surface area contributed by atoms with E-state index < -0.39 is 6.04 Å². The molecule has 0 aliphatic carbocycles. The molecule has 2 amide bonds. The second-order valence-electron chi connectivity index (χ2n) is 7.44. The Kier molecular flexibility index (Phi) is 4.87. The largest absolute Gasteiger partial charge is 0.373 e. The number of amides is 2. The third-order valence-electron chi connectivity index (χ3n) is 5.57. The number of carbonyl (C=O) groups is 2. The molecular formula is C25H19FN2O2S. The molecule has 5 rings (SSSR count). The molecule has 0 fully saturated rings. The molecule has 0 saturated carbocycles. The number of hydrogen-bond acceptors (Lipinski definition) is 4. The van der Waals surface area contributed by atoms with Gasteiger partial charge in [-0.1, -0.05) is 55.1 Å². The van der Waals surface area contributed by atoms with Gasteiger partial charge in [0.15, 0.2) is 0 Å². The van der Waals surface area contributed by atoms with Gasteiger partial charge < -0.3 is 5.32 Å². The summed E-state index contributed by atoms with van der Waals surface area (Å²) in [4.78, 5) is 29.5. The van der Waals surface area contributed by atoms with Crippen LogP contribution in [0.3, 0.4) is 0 Å². The summed E-state index contributed by atoms with van der Waals surface area (Å²) < 4.78 is 13.6. The van der Waals surface area contributed by atoms with E-state index in [1.807, 2.05) is 36.4 Å². The Labute approximate surface area is 183 Å². The van der Waals surface area contributed by atoms with Gasteiger partial charge in [0.1, 0.15) is 5.82 Å². The number of para-hydroxylation sites is 1. The SMILES string of the molecule is CCc1ccc(N2C(=O)C3=C(C2=O)C(c2ccc(F)cc2)Nc2ccccc2S3)cc1. The van der Waals surface area contributed by atoms with E-state index in [9.17, 15) is 14.0 Å². The molecule has 2 aliphatic rings. The van der Waals surface area contributed by atoms with Crippen molar-refractivity contribution < 1.29 is 14.0 Å². The number of benzene rings is 3. The molecule has 0 bridgehead atoms. The molecule has 0 spiro atoms. The van der Waals surface area contributed by atoms with Gasteiger partial charge >= 0.3 is 0 Å². The zero-order valence-electron chi connectivity index (χ0n) is 16.8. The Morgan fingerprint density at radius 2 is 1.65 bits per heavy atom. The van der Waals surface area contributed by atoms with E-state index in [-0.39, 0.29) is 17.6 Å². The van der Waals surface area contributed by atoms with Crippen LogP contribution in [0.4, 0.5) is 15.8 Å². The van der Waals surface area contributed by atoms with Gasteiger partial charge in [-0.2, -0.15) is 0 Å². The van der Waals surface area contributed by atoms with Crippen molar-refractivity contribution in [3.63, 3.8) is 0 Å². The number of halogens is 1. The van der Waals surface area contributed by atoms with Crippen LogP contribution in [0.15, 0.2) is 88.2 Å². The van der Waals surface area contributed by atoms with Crippen molar-refractivity contribution >= 4 is 35.0 Å². The first-order valence-electron chi connectivity index (χ1n) is 10.1. The normalized spacial score (nSPS) is 17.9. The van der Waals surface area contributed by atoms with Gasteiger partial charge in [0.25, 0.3) is 11.8 Å². The van der Waals surface area contributed by atoms with E-state index in [2.05, 4.69) is 12.2 Å². The summed E-state index contributed by atoms with van der Waals surface area (Å²) in [7, 11) is 0. The fraction of sp³-hybridized carbons (Fsp3) is 0.120. The zero-order chi connectivity index (χ0) is 21.5. The molecule has 0 aromatic heterocycles. The van der Waals surface area contributed by atoms with E-state index in [1.165, 1.54) is 28.8 Å². The van der Waals surface area contributed by atoms with Crippen molar-refractivity contribution in [1.29, 1.82) is 0 Å². The Bertz CT molecular complexity index is 1220. The van der Waals surface area contributed by atoms with Crippen molar-refractivity contribution in [2.75, 3.05) is 10.2 Å². The average molecular weight is 431 g/mol. The van der Waals surface area contributed by atoms with E-state index in [4.69, 9.17) is 0 Å². The van der Waals surface area contributed by atoms with Gasteiger partial charge in [0, 0.05) is 10.6 Å². The van der Waals surface area contributed by atoms with Crippen molar-refractivity contribution in [3.8, 4) is 0 Å². The molecule has 1 N–H and O–H groups in total. The minimum Gasteiger partial charge on any atom is -0.373 e. The molecule has 1 atom stereocenters. The Morgan fingerprint density at radius 3 is 2.35 bits per heavy atom. The smallest absolute Gasteiger partial charge is 0.272 e. The highest BCUT2D eigenvalue weighted by Gasteiger charge is 2.45. The summed E-state index contributed by atoms with van der Waals surface area (Å²) in [6.07, 6.45) is 0.875. The highest BCUT2D eigenvalue weighted by Crippen LogP contribution is 2.48. The van der Waals surface area contributed by atoms with Crippen LogP contribution in [-0.4, -0.2) is 11.8 Å². The quantitative estimate of drug-likeness (QED) is 0.560. The standard InChI is InChI=1S/C25H19FN2O2S/c1-2-15-7-13-18(14-8-15)28-24(29)21-22(16-9-11-17(26)12-10-16)27-19-5-3-4-6-20(19)31-23(21)25(28)30/h3-14,22,27H,2H2,1H3. The minimum atomic E-state index is -0.567. The summed E-state index contributed by atoms with van der Waals surface area (Å²) in [5.41, 5.74) is 3.61. The average Bonchev–Trinajstić information content (AvgIpc) is 2.93. The summed E-state index contributed by atoms with van der Waals surface area (Å²) in [5, 5.41) is 3.41. The van der Waals surface area contributed by atoms with Crippen LogP contribution in [-0.2, 0) is 16.0 Å². The Morgan fingerprint density at radius 1 is 0.935 bits per heavy atom. The number of nitrogens with one attached hydrogen (secondary N) is 1. The second kappa shape index (κ2) is 7.71. The van der Waals surface area contributed by atoms with Gasteiger partial charge in [0.2, 0.25) is 0 Å². The molecule has 3 aromatic carbocycles. The van der Waals surface area contributed by atoms with Crippen LogP contribution < -0.4 is 10.2 Å². The fourth-order valence-electron chi connectivity index (χ4n) is 3.91. The maximum atomic E-state index is 13.6. The molecule has 4 nitrogen and oxygen atoms in total. The van der Waals surface area contributed by atoms with Crippen LogP contribution in [0.5, 0.6) is 0 Å². The van der Waals surface area contributed by atoms with Crippen molar-refractivity contribution in [1.82, 2.24) is 0 Å². The lowest BCUT2D eigenvalue weighted by atomic mass is 9.98. The molecule has 2 heterocycles. The van der Waals surface area contributed by atoms with Crippen molar-refractivity contribution in [3.05, 3.63) is 100 Å². The summed E-state index contributed by atoms with van der Waals surface area (Å²) >= 11 is 1.30. The van der Waals surface area contributed by atoms with E-state index >= 15 is 0 Å². The Balaban J connectivity index is 1.63. The zero-order valence-corrected chi connectivity index (χ0v) is 17.6. The topological polar surface area (TPSA) is 49.4 Å². The first kappa shape index (κ1) is 19.6. The second-order valence-corrected chi connectivity index (χ2v) is 8.49. The highest BCUT2D eigenvalue weighted by atomic mass is 32.2. The molecule has 1 unspecified atom stereocenters. The van der Waals surface area contributed by atoms with Gasteiger partial charge in [-0.25, -0.2) is 9.29 Å². The number of carbonyl (C=O) groups excluding carboxylic acids is 2. The number of fused-ring (bicyclic) bond motifs is 1. The van der Waals surface area contributed by atoms with Crippen LogP contribution in [0.1, 0.15) is 24.1 Å². The van der Waals surface area contributed by atoms with Gasteiger partial charge in [0.05, 0.1) is 22.2 Å². The third-order valence-corrected chi connectivity index (χ3v) is 6.74. The monoisotopic (exact) mass is 430 g/mol. The number of nitrogens with zero attached hydrogens (tertiary/aromatic N) is 1. The van der Waals surface area contributed by atoms with Gasteiger partial charge in [-0.05, 0) is 53.9 Å². The highest BCUT2D eigenvalue weighted by molar-refractivity contribution is 8.04. The number of imide groups is 1. The first-order valence-corrected chi connectivity index (χ1v) is 10.9. The molecule has 0 radical (unpaired) electrons. The molecule has 6 heteroatoms. The molecule has 2 aliphatic heterocycles. The van der Waals surface area contributed by atoms with Crippen LogP contribution >= 0.6 is 11.8 Å². The summed E-state index contributed by atoms with van der Waals surface area (Å²) in [6.45, 7) is 2.05. The minimum absolute atomic E-state index is 0.333. The van der Waals surface area contributed by atoms with E-state index in [1.54, 1.807) is 24.3 Å². The van der Waals surface area contributed by atoms with E-state index in [0.29, 0.717) is 16.2 Å². The molecule has 154 valence electrons. The number of rotatable bonds is 3. The number of hydrogen-bond donors (Lipinski definition) is 1. The van der Waals surface area contributed by atoms with E-state index in [0.717, 1.165) is 28.1 Å². The molecule has 31 heavy (non-hydrogen) atoms. The third kappa shape index (κ3) is 3.33. The lowest BCUT2D eigenvalue weighted by Gasteiger charge is -2.22. The fourth-order valence-corrected chi connectivity index (χ4v) is 5.01. The van der Waals surface area contributed by atoms with Crippen LogP contribution in [0.25, 0.3) is 0 Å². The molecule has 3 aromatic rings. The van der Waals surface area contributed by atoms with Gasteiger partial charge in [-0.3, -0.25) is 9.59 Å². The lowest BCUT2D eigenvalue weighted by Crippen LogP contribution is -2.33. The number of aryl methyl sites for hydroxylation is 1. The van der Waals surface area contributed by atoms with Crippen molar-refractivity contribution in [2.45, 2.75) is 24.3 Å². The van der Waals surface area contributed by atoms with Crippen LogP contribution in [0, 0.1) is 5.82 Å². The predicted molar refractivity (Wildman–Crippen MR) is 120 cm³/mol. The summed E-state index contributed by atoms with van der Waals surface area (Å²) in [6, 6.07) is 20.5. The maximum Gasteiger partial charge on any atom is 0.272 e. The number of anilines is 2. The molecule has 0 saturated heterocycles. The Hall–Kier alpha value is -3.38. The molecular weight excluding hydrogens is 411 g/mol. The first-order chi connectivity index (χ1) is 15.1. The van der Waals surface area contributed by atoms with Crippen molar-refractivity contribution in [2.24, 2.45) is 0 Å². The lowest BCUT2D eigenvalue weighted by molar-refractivity contribution is -0.120. The maximum absolute atomic E-state index is 13.6. The van der Waals surface area contributed by atoms with Crippen LogP contribution in [0.2, 0.25) is 0 Å². The number of thioether (sulfide) groups is 1. The van der Waals surface area contributed by atoms with Gasteiger partial charge in [-0.15, -0.1) is 0 Å². The predicted octanol–water partition coefficient (Wildman–Crippen LogP) is 5.47.